The van der Waals surface area contributed by atoms with Gasteiger partial charge in [-0.25, -0.2) is 15.0 Å². The Morgan fingerprint density at radius 1 is 1.05 bits per heavy atom. The lowest BCUT2D eigenvalue weighted by molar-refractivity contribution is 1.000. The molecular formula is C17H18N4. The van der Waals surface area contributed by atoms with Crippen LogP contribution in [0.1, 0.15) is 18.2 Å². The predicted molar refractivity (Wildman–Crippen MR) is 86.4 cm³/mol. The molecule has 0 saturated heterocycles. The van der Waals surface area contributed by atoms with Crippen LogP contribution < -0.4 is 5.32 Å². The van der Waals surface area contributed by atoms with Gasteiger partial charge in [0.1, 0.15) is 11.5 Å². The van der Waals surface area contributed by atoms with E-state index in [0.717, 1.165) is 29.1 Å². The highest BCUT2D eigenvalue weighted by atomic mass is 15.0. The molecule has 0 unspecified atom stereocenters. The molecule has 0 aliphatic heterocycles. The molecule has 0 spiro atoms. The highest BCUT2D eigenvalue weighted by molar-refractivity contribution is 5.84. The smallest absolute Gasteiger partial charge is 0.180 e. The van der Waals surface area contributed by atoms with Crippen molar-refractivity contribution in [2.45, 2.75) is 20.3 Å². The summed E-state index contributed by atoms with van der Waals surface area (Å²) in [7, 11) is 1.87. The lowest BCUT2D eigenvalue weighted by atomic mass is 10.1. The number of aromatic nitrogens is 3. The molecule has 0 amide bonds. The van der Waals surface area contributed by atoms with Crippen LogP contribution in [0, 0.1) is 6.92 Å². The molecule has 0 saturated carbocycles. The van der Waals surface area contributed by atoms with Crippen molar-refractivity contribution >= 4 is 16.7 Å². The summed E-state index contributed by atoms with van der Waals surface area (Å²) in [5.74, 6) is 1.50. The van der Waals surface area contributed by atoms with Gasteiger partial charge in [0.15, 0.2) is 5.82 Å². The third kappa shape index (κ3) is 2.57. The van der Waals surface area contributed by atoms with E-state index >= 15 is 0 Å². The minimum absolute atomic E-state index is 0.674. The first-order valence-electron chi connectivity index (χ1n) is 7.13. The van der Waals surface area contributed by atoms with Gasteiger partial charge in [0.2, 0.25) is 0 Å². The maximum Gasteiger partial charge on any atom is 0.180 e. The van der Waals surface area contributed by atoms with Crippen LogP contribution in [-0.2, 0) is 6.42 Å². The molecule has 0 fully saturated rings. The Balaban J connectivity index is 2.20. The van der Waals surface area contributed by atoms with Crippen molar-refractivity contribution in [1.29, 1.82) is 0 Å². The van der Waals surface area contributed by atoms with Crippen molar-refractivity contribution in [3.8, 4) is 11.5 Å². The van der Waals surface area contributed by atoms with Crippen LogP contribution in [0.5, 0.6) is 0 Å². The van der Waals surface area contributed by atoms with Gasteiger partial charge in [-0.15, -0.1) is 0 Å². The normalized spacial score (nSPS) is 10.8. The lowest BCUT2D eigenvalue weighted by Gasteiger charge is -2.08. The van der Waals surface area contributed by atoms with Crippen LogP contribution in [0.15, 0.2) is 36.4 Å². The van der Waals surface area contributed by atoms with E-state index in [1.165, 1.54) is 10.9 Å². The number of benzene rings is 1. The van der Waals surface area contributed by atoms with E-state index < -0.39 is 0 Å². The number of aryl methyl sites for hydroxylation is 2. The first-order chi connectivity index (χ1) is 10.2. The first-order valence-corrected chi connectivity index (χ1v) is 7.13. The second-order valence-corrected chi connectivity index (χ2v) is 5.01. The zero-order valence-corrected chi connectivity index (χ0v) is 12.5. The van der Waals surface area contributed by atoms with E-state index in [1.807, 2.05) is 31.3 Å². The predicted octanol–water partition coefficient (Wildman–Crippen LogP) is 3.60. The summed E-state index contributed by atoms with van der Waals surface area (Å²) in [6.07, 6.45) is 0.872. The molecule has 0 aliphatic carbocycles. The minimum atomic E-state index is 0.674. The van der Waals surface area contributed by atoms with Crippen LogP contribution >= 0.6 is 0 Å². The maximum absolute atomic E-state index is 4.70. The molecule has 1 aromatic carbocycles. The molecule has 106 valence electrons. The topological polar surface area (TPSA) is 50.7 Å². The Labute approximate surface area is 124 Å². The SMILES string of the molecule is CCc1cc(NC)nc(-c2cc(C)c3ccccc3n2)n1. The fraction of sp³-hybridized carbons (Fsp3) is 0.235. The number of nitrogens with zero attached hydrogens (tertiary/aromatic N) is 3. The summed E-state index contributed by atoms with van der Waals surface area (Å²) in [6, 6.07) is 12.2. The second-order valence-electron chi connectivity index (χ2n) is 5.01. The molecule has 3 rings (SSSR count). The van der Waals surface area contributed by atoms with Crippen molar-refractivity contribution < 1.29 is 0 Å². The van der Waals surface area contributed by atoms with E-state index in [9.17, 15) is 0 Å². The molecule has 2 heterocycles. The third-order valence-electron chi connectivity index (χ3n) is 3.55. The van der Waals surface area contributed by atoms with E-state index in [-0.39, 0.29) is 0 Å². The monoisotopic (exact) mass is 278 g/mol. The molecule has 4 heteroatoms. The van der Waals surface area contributed by atoms with Gasteiger partial charge in [0, 0.05) is 24.2 Å². The molecule has 1 N–H and O–H groups in total. The van der Waals surface area contributed by atoms with Gasteiger partial charge < -0.3 is 5.32 Å². The zero-order valence-electron chi connectivity index (χ0n) is 12.5. The molecule has 0 radical (unpaired) electrons. The summed E-state index contributed by atoms with van der Waals surface area (Å²) >= 11 is 0. The Bertz CT molecular complexity index is 774. The number of pyridine rings is 1. The third-order valence-corrected chi connectivity index (χ3v) is 3.55. The lowest BCUT2D eigenvalue weighted by Crippen LogP contribution is -2.01. The summed E-state index contributed by atoms with van der Waals surface area (Å²) in [6.45, 7) is 4.18. The van der Waals surface area contributed by atoms with Gasteiger partial charge in [-0.3, -0.25) is 0 Å². The molecule has 2 aromatic heterocycles. The Morgan fingerprint density at radius 3 is 2.62 bits per heavy atom. The van der Waals surface area contributed by atoms with E-state index in [0.29, 0.717) is 5.82 Å². The minimum Gasteiger partial charge on any atom is -0.373 e. The number of nitrogens with one attached hydrogen (secondary N) is 1. The van der Waals surface area contributed by atoms with E-state index in [1.54, 1.807) is 0 Å². The van der Waals surface area contributed by atoms with Crippen LogP contribution in [0.4, 0.5) is 5.82 Å². The molecule has 3 aromatic rings. The van der Waals surface area contributed by atoms with Crippen molar-refractivity contribution in [3.05, 3.63) is 47.7 Å². The number of fused-ring (bicyclic) bond motifs is 1. The van der Waals surface area contributed by atoms with E-state index in [2.05, 4.69) is 41.3 Å². The first kappa shape index (κ1) is 13.5. The highest BCUT2D eigenvalue weighted by Crippen LogP contribution is 2.23. The van der Waals surface area contributed by atoms with Crippen LogP contribution in [0.2, 0.25) is 0 Å². The Hall–Kier alpha value is -2.49. The largest absolute Gasteiger partial charge is 0.373 e. The number of hydrogen-bond donors (Lipinski definition) is 1. The van der Waals surface area contributed by atoms with Gasteiger partial charge in [-0.1, -0.05) is 25.1 Å². The van der Waals surface area contributed by atoms with Crippen molar-refractivity contribution in [3.63, 3.8) is 0 Å². The van der Waals surface area contributed by atoms with Crippen molar-refractivity contribution in [1.82, 2.24) is 15.0 Å². The quantitative estimate of drug-likeness (QED) is 0.795. The standard InChI is InChI=1S/C17H18N4/c1-4-12-10-16(18-3)21-17(19-12)15-9-11(2)13-7-5-6-8-14(13)20-15/h5-10H,4H2,1-3H3,(H,18,19,21). The molecule has 0 aliphatic rings. The van der Waals surface area contributed by atoms with Gasteiger partial charge in [-0.2, -0.15) is 0 Å². The maximum atomic E-state index is 4.70. The fourth-order valence-electron chi connectivity index (χ4n) is 2.39. The van der Waals surface area contributed by atoms with Crippen molar-refractivity contribution in [2.75, 3.05) is 12.4 Å². The van der Waals surface area contributed by atoms with E-state index in [4.69, 9.17) is 4.98 Å². The van der Waals surface area contributed by atoms with Crippen molar-refractivity contribution in [2.24, 2.45) is 0 Å². The number of anilines is 1. The molecule has 0 atom stereocenters. The molecular weight excluding hydrogens is 260 g/mol. The molecule has 0 bridgehead atoms. The van der Waals surface area contributed by atoms with Gasteiger partial charge >= 0.3 is 0 Å². The number of para-hydroxylation sites is 1. The summed E-state index contributed by atoms with van der Waals surface area (Å²) in [5, 5.41) is 4.25. The summed E-state index contributed by atoms with van der Waals surface area (Å²) in [5.41, 5.74) is 3.99. The van der Waals surface area contributed by atoms with Gasteiger partial charge in [0.25, 0.3) is 0 Å². The highest BCUT2D eigenvalue weighted by Gasteiger charge is 2.09. The Kier molecular flexibility index (Phi) is 3.52. The zero-order chi connectivity index (χ0) is 14.8. The average molecular weight is 278 g/mol. The number of rotatable bonds is 3. The van der Waals surface area contributed by atoms with Crippen LogP contribution in [0.3, 0.4) is 0 Å². The van der Waals surface area contributed by atoms with Gasteiger partial charge in [0.05, 0.1) is 5.52 Å². The summed E-state index contributed by atoms with van der Waals surface area (Å²) in [4.78, 5) is 13.8. The second kappa shape index (κ2) is 5.48. The van der Waals surface area contributed by atoms with Gasteiger partial charge in [-0.05, 0) is 31.0 Å². The fourth-order valence-corrected chi connectivity index (χ4v) is 2.39. The molecule has 4 nitrogen and oxygen atoms in total. The number of hydrogen-bond acceptors (Lipinski definition) is 4. The molecule has 21 heavy (non-hydrogen) atoms. The van der Waals surface area contributed by atoms with Crippen LogP contribution in [-0.4, -0.2) is 22.0 Å². The summed E-state index contributed by atoms with van der Waals surface area (Å²) < 4.78 is 0. The average Bonchev–Trinajstić information content (AvgIpc) is 2.54. The van der Waals surface area contributed by atoms with Crippen LogP contribution in [0.25, 0.3) is 22.4 Å². The Morgan fingerprint density at radius 2 is 1.86 bits per heavy atom.